The third-order valence-corrected chi connectivity index (χ3v) is 6.81. The number of para-hydroxylation sites is 1. The maximum absolute atomic E-state index is 13.1. The van der Waals surface area contributed by atoms with Crippen LogP contribution in [-0.4, -0.2) is 60.5 Å². The molecule has 2 aliphatic heterocycles. The van der Waals surface area contributed by atoms with Crippen LogP contribution < -0.4 is 9.80 Å². The van der Waals surface area contributed by atoms with Crippen LogP contribution in [0.25, 0.3) is 10.2 Å². The van der Waals surface area contributed by atoms with E-state index in [0.717, 1.165) is 20.2 Å². The molecule has 8 nitrogen and oxygen atoms in total. The number of aromatic nitrogens is 1. The summed E-state index contributed by atoms with van der Waals surface area (Å²) in [6.07, 6.45) is 1.40. The Kier molecular flexibility index (Phi) is 5.55. The summed E-state index contributed by atoms with van der Waals surface area (Å²) in [6.45, 7) is 4.69. The fourth-order valence-corrected chi connectivity index (χ4v) is 5.04. The number of benzene rings is 2. The Labute approximate surface area is 194 Å². The molecule has 0 radical (unpaired) electrons. The van der Waals surface area contributed by atoms with Crippen molar-refractivity contribution in [2.24, 2.45) is 0 Å². The molecule has 1 aromatic heterocycles. The Hall–Kier alpha value is -3.72. The monoisotopic (exact) mass is 462 g/mol. The van der Waals surface area contributed by atoms with Crippen molar-refractivity contribution in [1.82, 2.24) is 9.88 Å². The lowest BCUT2D eigenvalue weighted by Gasteiger charge is -2.36. The van der Waals surface area contributed by atoms with Gasteiger partial charge in [0.1, 0.15) is 5.70 Å². The van der Waals surface area contributed by atoms with Crippen LogP contribution in [0.5, 0.6) is 0 Å². The van der Waals surface area contributed by atoms with Gasteiger partial charge in [0, 0.05) is 32.3 Å². The second kappa shape index (κ2) is 8.67. The van der Waals surface area contributed by atoms with Crippen molar-refractivity contribution in [1.29, 1.82) is 0 Å². The average Bonchev–Trinajstić information content (AvgIpc) is 3.40. The summed E-state index contributed by atoms with van der Waals surface area (Å²) in [7, 11) is 0. The van der Waals surface area contributed by atoms with Crippen molar-refractivity contribution in [3.63, 3.8) is 0 Å². The molecule has 2 aliphatic rings. The number of carbonyl (C=O) groups is 3. The van der Waals surface area contributed by atoms with E-state index < -0.39 is 5.97 Å². The zero-order valence-corrected chi connectivity index (χ0v) is 18.9. The standard InChI is InChI=1S/C24H22N4O4S/c1-2-32-23(31)16-7-9-17(10-8-16)28-21(29)15-19(22(28)30)26-11-13-27(14-12-26)24-25-18-5-3-4-6-20(18)33-24/h3-10,15H,2,11-14H2,1H3. The van der Waals surface area contributed by atoms with Crippen LogP contribution in [0, 0.1) is 0 Å². The molecule has 9 heteroatoms. The van der Waals surface area contributed by atoms with Crippen LogP contribution in [0.3, 0.4) is 0 Å². The minimum atomic E-state index is -0.437. The molecule has 33 heavy (non-hydrogen) atoms. The molecule has 1 saturated heterocycles. The first-order chi connectivity index (χ1) is 16.0. The first kappa shape index (κ1) is 21.1. The Bertz CT molecular complexity index is 1230. The third-order valence-electron chi connectivity index (χ3n) is 5.71. The van der Waals surface area contributed by atoms with E-state index >= 15 is 0 Å². The Morgan fingerprint density at radius 1 is 1.00 bits per heavy atom. The second-order valence-corrected chi connectivity index (χ2v) is 8.72. The summed E-state index contributed by atoms with van der Waals surface area (Å²) in [5.74, 6) is -1.17. The van der Waals surface area contributed by atoms with Crippen molar-refractivity contribution in [3.05, 3.63) is 65.9 Å². The minimum absolute atomic E-state index is 0.281. The highest BCUT2D eigenvalue weighted by atomic mass is 32.1. The predicted molar refractivity (Wildman–Crippen MR) is 126 cm³/mol. The summed E-state index contributed by atoms with van der Waals surface area (Å²) in [4.78, 5) is 47.6. The number of hydrogen-bond donors (Lipinski definition) is 0. The number of hydrogen-bond acceptors (Lipinski definition) is 8. The first-order valence-electron chi connectivity index (χ1n) is 10.8. The van der Waals surface area contributed by atoms with Crippen LogP contribution in [-0.2, 0) is 14.3 Å². The highest BCUT2D eigenvalue weighted by molar-refractivity contribution is 7.22. The Morgan fingerprint density at radius 2 is 1.70 bits per heavy atom. The van der Waals surface area contributed by atoms with E-state index in [9.17, 15) is 14.4 Å². The molecule has 2 aromatic carbocycles. The van der Waals surface area contributed by atoms with E-state index in [1.807, 2.05) is 23.1 Å². The van der Waals surface area contributed by atoms with Crippen molar-refractivity contribution in [2.45, 2.75) is 6.92 Å². The molecule has 3 aromatic rings. The number of ether oxygens (including phenoxy) is 1. The number of nitrogens with zero attached hydrogens (tertiary/aromatic N) is 4. The molecule has 0 unspecified atom stereocenters. The number of thiazole rings is 1. The molecule has 0 aliphatic carbocycles. The number of carbonyl (C=O) groups excluding carboxylic acids is 3. The number of anilines is 2. The van der Waals surface area contributed by atoms with Crippen LogP contribution in [0.4, 0.5) is 10.8 Å². The summed E-state index contributed by atoms with van der Waals surface area (Å²) in [6, 6.07) is 14.4. The molecular formula is C24H22N4O4S. The van der Waals surface area contributed by atoms with Gasteiger partial charge in [-0.3, -0.25) is 9.59 Å². The molecule has 0 atom stereocenters. The van der Waals surface area contributed by atoms with Gasteiger partial charge in [0.15, 0.2) is 5.13 Å². The zero-order valence-electron chi connectivity index (χ0n) is 18.1. The fourth-order valence-electron chi connectivity index (χ4n) is 4.02. The van der Waals surface area contributed by atoms with Gasteiger partial charge in [0.2, 0.25) is 0 Å². The van der Waals surface area contributed by atoms with Crippen molar-refractivity contribution < 1.29 is 19.1 Å². The topological polar surface area (TPSA) is 83.1 Å². The van der Waals surface area contributed by atoms with Crippen LogP contribution >= 0.6 is 11.3 Å². The molecule has 0 saturated carbocycles. The van der Waals surface area contributed by atoms with Gasteiger partial charge in [0.05, 0.1) is 28.1 Å². The van der Waals surface area contributed by atoms with Gasteiger partial charge in [-0.2, -0.15) is 0 Å². The minimum Gasteiger partial charge on any atom is -0.462 e. The van der Waals surface area contributed by atoms with E-state index in [1.165, 1.54) is 6.08 Å². The SMILES string of the molecule is CCOC(=O)c1ccc(N2C(=O)C=C(N3CCN(c4nc5ccccc5s4)CC3)C2=O)cc1. The van der Waals surface area contributed by atoms with E-state index in [0.29, 0.717) is 43.1 Å². The van der Waals surface area contributed by atoms with E-state index in [1.54, 1.807) is 42.5 Å². The lowest BCUT2D eigenvalue weighted by molar-refractivity contribution is -0.121. The number of rotatable bonds is 5. The number of fused-ring (bicyclic) bond motifs is 1. The largest absolute Gasteiger partial charge is 0.462 e. The molecule has 168 valence electrons. The average molecular weight is 463 g/mol. The maximum Gasteiger partial charge on any atom is 0.338 e. The van der Waals surface area contributed by atoms with Gasteiger partial charge in [0.25, 0.3) is 11.8 Å². The summed E-state index contributed by atoms with van der Waals surface area (Å²) in [5, 5.41) is 0.974. The van der Waals surface area contributed by atoms with E-state index in [2.05, 4.69) is 11.0 Å². The first-order valence-corrected chi connectivity index (χ1v) is 11.6. The highest BCUT2D eigenvalue weighted by Gasteiger charge is 2.36. The molecular weight excluding hydrogens is 440 g/mol. The normalized spacial score (nSPS) is 16.5. The van der Waals surface area contributed by atoms with Crippen LogP contribution in [0.1, 0.15) is 17.3 Å². The van der Waals surface area contributed by atoms with Crippen molar-refractivity contribution in [3.8, 4) is 0 Å². The van der Waals surface area contributed by atoms with Crippen LogP contribution in [0.15, 0.2) is 60.3 Å². The fraction of sp³-hybridized carbons (Fsp3) is 0.250. The van der Waals surface area contributed by atoms with Gasteiger partial charge in [-0.25, -0.2) is 14.7 Å². The summed E-state index contributed by atoms with van der Waals surface area (Å²) >= 11 is 1.66. The molecule has 5 rings (SSSR count). The van der Waals surface area contributed by atoms with Gasteiger partial charge < -0.3 is 14.5 Å². The van der Waals surface area contributed by atoms with E-state index in [-0.39, 0.29) is 18.4 Å². The van der Waals surface area contributed by atoms with E-state index in [4.69, 9.17) is 9.72 Å². The lowest BCUT2D eigenvalue weighted by Crippen LogP contribution is -2.47. The molecule has 3 heterocycles. The molecule has 0 spiro atoms. The molecule has 1 fully saturated rings. The summed E-state index contributed by atoms with van der Waals surface area (Å²) in [5.41, 5.74) is 2.19. The highest BCUT2D eigenvalue weighted by Crippen LogP contribution is 2.30. The summed E-state index contributed by atoms with van der Waals surface area (Å²) < 4.78 is 6.13. The zero-order chi connectivity index (χ0) is 22.9. The lowest BCUT2D eigenvalue weighted by atomic mass is 10.2. The van der Waals surface area contributed by atoms with Gasteiger partial charge >= 0.3 is 5.97 Å². The Morgan fingerprint density at radius 3 is 2.39 bits per heavy atom. The quantitative estimate of drug-likeness (QED) is 0.426. The van der Waals surface area contributed by atoms with Crippen molar-refractivity contribution in [2.75, 3.05) is 42.6 Å². The number of imide groups is 1. The Balaban J connectivity index is 1.25. The number of piperazine rings is 1. The molecule has 0 bridgehead atoms. The van der Waals surface area contributed by atoms with Crippen molar-refractivity contribution >= 4 is 50.2 Å². The molecule has 0 N–H and O–H groups in total. The van der Waals surface area contributed by atoms with Gasteiger partial charge in [-0.1, -0.05) is 23.5 Å². The van der Waals surface area contributed by atoms with Crippen LogP contribution in [0.2, 0.25) is 0 Å². The number of esters is 1. The van der Waals surface area contributed by atoms with Gasteiger partial charge in [-0.15, -0.1) is 0 Å². The molecule has 2 amide bonds. The smallest absolute Gasteiger partial charge is 0.338 e. The number of amides is 2. The second-order valence-electron chi connectivity index (χ2n) is 7.71. The predicted octanol–water partition coefficient (Wildman–Crippen LogP) is 3.05. The maximum atomic E-state index is 13.1. The third kappa shape index (κ3) is 3.95. The van der Waals surface area contributed by atoms with Gasteiger partial charge in [-0.05, 0) is 43.3 Å².